The lowest BCUT2D eigenvalue weighted by Crippen LogP contribution is -2.47. The van der Waals surface area contributed by atoms with Crippen molar-refractivity contribution in [1.29, 1.82) is 0 Å². The van der Waals surface area contributed by atoms with E-state index in [2.05, 4.69) is 15.6 Å². The van der Waals surface area contributed by atoms with Crippen LogP contribution in [0.5, 0.6) is 0 Å². The molecule has 2 N–H and O–H groups in total. The molecule has 1 aromatic heterocycles. The van der Waals surface area contributed by atoms with E-state index >= 15 is 0 Å². The number of piperidine rings is 1. The van der Waals surface area contributed by atoms with Crippen molar-refractivity contribution in [3.05, 3.63) is 29.8 Å². The third-order valence-corrected chi connectivity index (χ3v) is 3.71. The highest BCUT2D eigenvalue weighted by Gasteiger charge is 2.32. The zero-order chi connectivity index (χ0) is 14.4. The Bertz CT molecular complexity index is 456. The number of carbonyl (C=O) groups is 1. The van der Waals surface area contributed by atoms with Gasteiger partial charge in [-0.25, -0.2) is 4.39 Å². The summed E-state index contributed by atoms with van der Waals surface area (Å²) in [5, 5.41) is 6.16. The van der Waals surface area contributed by atoms with E-state index in [9.17, 15) is 9.18 Å². The molecule has 0 atom stereocenters. The number of hydrogen-bond donors (Lipinski definition) is 2. The predicted octanol–water partition coefficient (Wildman–Crippen LogP) is 0.967. The quantitative estimate of drug-likeness (QED) is 0.844. The van der Waals surface area contributed by atoms with Crippen molar-refractivity contribution in [2.24, 2.45) is 5.41 Å². The van der Waals surface area contributed by atoms with Crippen LogP contribution in [-0.2, 0) is 4.74 Å². The lowest BCUT2D eigenvalue weighted by atomic mass is 9.79. The summed E-state index contributed by atoms with van der Waals surface area (Å²) >= 11 is 0. The van der Waals surface area contributed by atoms with Crippen LogP contribution in [0.25, 0.3) is 0 Å². The zero-order valence-electron chi connectivity index (χ0n) is 11.6. The number of ether oxygens (including phenoxy) is 1. The van der Waals surface area contributed by atoms with E-state index < -0.39 is 5.82 Å². The Morgan fingerprint density at radius 3 is 2.90 bits per heavy atom. The van der Waals surface area contributed by atoms with Gasteiger partial charge >= 0.3 is 0 Å². The number of methoxy groups -OCH3 is 1. The fourth-order valence-electron chi connectivity index (χ4n) is 2.54. The van der Waals surface area contributed by atoms with E-state index in [-0.39, 0.29) is 16.9 Å². The predicted molar refractivity (Wildman–Crippen MR) is 72.9 cm³/mol. The van der Waals surface area contributed by atoms with Gasteiger partial charge in [-0.15, -0.1) is 0 Å². The molecule has 0 aliphatic carbocycles. The monoisotopic (exact) mass is 281 g/mol. The summed E-state index contributed by atoms with van der Waals surface area (Å²) in [4.78, 5) is 15.7. The lowest BCUT2D eigenvalue weighted by molar-refractivity contribution is 0.0511. The summed E-state index contributed by atoms with van der Waals surface area (Å²) in [5.41, 5.74) is 0.197. The van der Waals surface area contributed by atoms with Gasteiger partial charge in [0.1, 0.15) is 5.82 Å². The number of aromatic nitrogens is 1. The Labute approximate surface area is 117 Å². The Morgan fingerprint density at radius 1 is 1.50 bits per heavy atom. The van der Waals surface area contributed by atoms with E-state index in [0.29, 0.717) is 13.2 Å². The third-order valence-electron chi connectivity index (χ3n) is 3.71. The highest BCUT2D eigenvalue weighted by atomic mass is 19.1. The number of carbonyl (C=O) groups excluding carboxylic acids is 1. The number of pyridine rings is 1. The molecular formula is C14H20FN3O2. The average Bonchev–Trinajstić information content (AvgIpc) is 2.46. The molecule has 6 heteroatoms. The molecule has 1 amide bonds. The molecular weight excluding hydrogens is 261 g/mol. The van der Waals surface area contributed by atoms with Crippen molar-refractivity contribution >= 4 is 5.91 Å². The lowest BCUT2D eigenvalue weighted by Gasteiger charge is -2.37. The molecule has 1 aliphatic rings. The second kappa shape index (κ2) is 6.76. The molecule has 1 aromatic rings. The highest BCUT2D eigenvalue weighted by molar-refractivity contribution is 5.93. The van der Waals surface area contributed by atoms with Crippen molar-refractivity contribution in [3.8, 4) is 0 Å². The van der Waals surface area contributed by atoms with Crippen LogP contribution in [0, 0.1) is 11.2 Å². The van der Waals surface area contributed by atoms with Gasteiger partial charge < -0.3 is 15.4 Å². The first-order chi connectivity index (χ1) is 9.65. The number of hydrogen-bond acceptors (Lipinski definition) is 4. The highest BCUT2D eigenvalue weighted by Crippen LogP contribution is 2.28. The molecule has 5 nitrogen and oxygen atoms in total. The van der Waals surface area contributed by atoms with Crippen LogP contribution in [0.15, 0.2) is 18.5 Å². The van der Waals surface area contributed by atoms with E-state index in [1.807, 2.05) is 0 Å². The van der Waals surface area contributed by atoms with E-state index in [1.54, 1.807) is 7.11 Å². The van der Waals surface area contributed by atoms with Crippen LogP contribution in [-0.4, -0.2) is 44.2 Å². The van der Waals surface area contributed by atoms with Crippen LogP contribution in [0.4, 0.5) is 4.39 Å². The smallest absolute Gasteiger partial charge is 0.252 e. The number of nitrogens with zero attached hydrogens (tertiary/aromatic N) is 1. The van der Waals surface area contributed by atoms with Crippen LogP contribution in [0.3, 0.4) is 0 Å². The maximum atomic E-state index is 13.0. The molecule has 2 rings (SSSR count). The molecule has 110 valence electrons. The number of amides is 1. The fourth-order valence-corrected chi connectivity index (χ4v) is 2.54. The van der Waals surface area contributed by atoms with E-state index in [1.165, 1.54) is 12.3 Å². The summed E-state index contributed by atoms with van der Waals surface area (Å²) in [7, 11) is 1.67. The molecule has 0 spiro atoms. The largest absolute Gasteiger partial charge is 0.384 e. The van der Waals surface area contributed by atoms with Gasteiger partial charge in [-0.05, 0) is 32.0 Å². The molecule has 2 heterocycles. The van der Waals surface area contributed by atoms with Gasteiger partial charge in [0, 0.05) is 25.3 Å². The first-order valence-electron chi connectivity index (χ1n) is 6.74. The molecule has 1 aliphatic heterocycles. The standard InChI is InChI=1S/C14H20FN3O2/c1-20-10-14(2-4-16-5-3-14)9-18-13(19)11-6-12(15)8-17-7-11/h6-8,16H,2-5,9-10H2,1H3,(H,18,19). The minimum absolute atomic E-state index is 0.0452. The van der Waals surface area contributed by atoms with Gasteiger partial charge in [0.05, 0.1) is 18.4 Å². The Balaban J connectivity index is 1.96. The number of rotatable bonds is 5. The second-order valence-electron chi connectivity index (χ2n) is 5.26. The van der Waals surface area contributed by atoms with Crippen LogP contribution < -0.4 is 10.6 Å². The molecule has 0 radical (unpaired) electrons. The van der Waals surface area contributed by atoms with Crippen molar-refractivity contribution in [2.45, 2.75) is 12.8 Å². The van der Waals surface area contributed by atoms with E-state index in [0.717, 1.165) is 32.1 Å². The van der Waals surface area contributed by atoms with Gasteiger partial charge in [0.2, 0.25) is 0 Å². The summed E-state index contributed by atoms with van der Waals surface area (Å²) in [6.07, 6.45) is 4.34. The van der Waals surface area contributed by atoms with Crippen molar-refractivity contribution in [3.63, 3.8) is 0 Å². The second-order valence-corrected chi connectivity index (χ2v) is 5.26. The Kier molecular flexibility index (Phi) is 5.03. The molecule has 0 saturated carbocycles. The van der Waals surface area contributed by atoms with Gasteiger partial charge in [-0.2, -0.15) is 0 Å². The summed E-state index contributed by atoms with van der Waals surface area (Å²) < 4.78 is 18.3. The third kappa shape index (κ3) is 3.74. The van der Waals surface area contributed by atoms with Crippen molar-refractivity contribution in [2.75, 3.05) is 33.4 Å². The maximum Gasteiger partial charge on any atom is 0.252 e. The van der Waals surface area contributed by atoms with Crippen LogP contribution >= 0.6 is 0 Å². The summed E-state index contributed by atoms with van der Waals surface area (Å²) in [6, 6.07) is 1.19. The zero-order valence-corrected chi connectivity index (χ0v) is 11.6. The SMILES string of the molecule is COCC1(CNC(=O)c2cncc(F)c2)CCNCC1. The molecule has 20 heavy (non-hydrogen) atoms. The van der Waals surface area contributed by atoms with E-state index in [4.69, 9.17) is 4.74 Å². The molecule has 0 unspecified atom stereocenters. The minimum Gasteiger partial charge on any atom is -0.384 e. The Morgan fingerprint density at radius 2 is 2.25 bits per heavy atom. The first-order valence-corrected chi connectivity index (χ1v) is 6.74. The summed E-state index contributed by atoms with van der Waals surface area (Å²) in [5.74, 6) is -0.808. The van der Waals surface area contributed by atoms with Crippen LogP contribution in [0.1, 0.15) is 23.2 Å². The Hall–Kier alpha value is -1.53. The summed E-state index contributed by atoms with van der Waals surface area (Å²) in [6.45, 7) is 2.97. The topological polar surface area (TPSA) is 63.2 Å². The minimum atomic E-state index is -0.508. The molecule has 0 bridgehead atoms. The molecule has 1 fully saturated rings. The van der Waals surface area contributed by atoms with Gasteiger partial charge in [-0.3, -0.25) is 9.78 Å². The average molecular weight is 281 g/mol. The normalized spacial score (nSPS) is 17.7. The van der Waals surface area contributed by atoms with Crippen molar-refractivity contribution < 1.29 is 13.9 Å². The maximum absolute atomic E-state index is 13.0. The van der Waals surface area contributed by atoms with Gasteiger partial charge in [0.25, 0.3) is 5.91 Å². The van der Waals surface area contributed by atoms with Crippen molar-refractivity contribution in [1.82, 2.24) is 15.6 Å². The van der Waals surface area contributed by atoms with Crippen LogP contribution in [0.2, 0.25) is 0 Å². The van der Waals surface area contributed by atoms with Gasteiger partial charge in [-0.1, -0.05) is 0 Å². The number of nitrogens with one attached hydrogen (secondary N) is 2. The number of halogens is 1. The molecule has 1 saturated heterocycles. The fraction of sp³-hybridized carbons (Fsp3) is 0.571. The van der Waals surface area contributed by atoms with Gasteiger partial charge in [0.15, 0.2) is 0 Å². The molecule has 0 aromatic carbocycles. The first kappa shape index (κ1) is 14.9.